The number of ether oxygens (including phenoxy) is 3. The minimum absolute atomic E-state index is 0.00100. The number of carbonyl (C=O) groups excluding carboxylic acids is 3. The van der Waals surface area contributed by atoms with Gasteiger partial charge in [-0.2, -0.15) is 13.2 Å². The maximum Gasteiger partial charge on any atom is 0.426 e. The molecule has 532 valence electrons. The van der Waals surface area contributed by atoms with Gasteiger partial charge in [-0.1, -0.05) is 111 Å². The standard InChI is InChI=1S/C20H29F3O7S.C18H13S.C12H22O2.C10H14O.C9H17N2.C6H3BrI2O2/c1-4-17(2,3)15(24)30-19-8-12-5-13(9-19)7-18(6-12,11-19)16(25)29-14(20(21,22)23)10-31(26,27)28;1-2-8-14(9-3-1)19-17-12-6-4-10-15(17)16-11-5-7-13-18(16)19;1-5-11(2,3)10(13)14-12(4)8-6-7-9-12;1-3-8(2)9-5-4-6-10(11)7-9;1-4-9(3)11-7-6-10(5-2)8-11;7-2-1-3(8)6(11)4(9)5(2)10/h12-14H,4-11H2,1-3H3,(H,26,27,28);1-13H;5-9H2,1-4H3;4-8,11H,3H2,1-2H3;6-9H,4-5H2,1-3H3;1,10-11H/q;+1;;;+1;/p-2. The number of carbonyl (C=O) groups is 3. The number of phenolic OH excluding ortho intramolecular Hbond substituents is 2. The number of aromatic hydroxyl groups is 2. The highest BCUT2D eigenvalue weighted by Crippen LogP contribution is 2.64. The second-order valence-corrected chi connectivity index (χ2v) is 34.3. The van der Waals surface area contributed by atoms with E-state index in [0.29, 0.717) is 61.4 Å². The first-order chi connectivity index (χ1) is 45.4. The summed E-state index contributed by atoms with van der Waals surface area (Å²) in [5.74, 6) is -2.67. The van der Waals surface area contributed by atoms with Crippen LogP contribution in [0.2, 0.25) is 0 Å². The average molecular weight is 1670 g/mol. The highest BCUT2D eigenvalue weighted by molar-refractivity contribution is 14.1. The molecule has 4 bridgehead atoms. The molecule has 0 saturated heterocycles. The topological polar surface area (TPSA) is 208 Å². The quantitative estimate of drug-likeness (QED) is 0.0231. The fourth-order valence-corrected chi connectivity index (χ4v) is 18.7. The second kappa shape index (κ2) is 34.6. The molecule has 5 fully saturated rings. The molecule has 7 aromatic rings. The van der Waals surface area contributed by atoms with Crippen LogP contribution in [0.25, 0.3) is 25.1 Å². The summed E-state index contributed by atoms with van der Waals surface area (Å²) in [6.45, 7) is 25.3. The number of aryl methyl sites for hydroxylation is 1. The third-order valence-electron chi connectivity index (χ3n) is 19.4. The van der Waals surface area contributed by atoms with Gasteiger partial charge in [-0.3, -0.25) is 14.4 Å². The molecule has 97 heavy (non-hydrogen) atoms. The van der Waals surface area contributed by atoms with Crippen LogP contribution in [0.3, 0.4) is 0 Å². The number of esters is 3. The predicted octanol–water partition coefficient (Wildman–Crippen LogP) is 19.5. The number of hydrogen-bond donors (Lipinski definition) is 2. The van der Waals surface area contributed by atoms with Gasteiger partial charge in [-0.25, -0.2) is 17.6 Å². The lowest BCUT2D eigenvalue weighted by molar-refractivity contribution is -0.693. The third-order valence-corrected chi connectivity index (χ3v) is 24.9. The van der Waals surface area contributed by atoms with Crippen LogP contribution in [0.5, 0.6) is 17.2 Å². The summed E-state index contributed by atoms with van der Waals surface area (Å²) >= 11 is 6.89. The van der Waals surface area contributed by atoms with Gasteiger partial charge >= 0.3 is 24.1 Å². The van der Waals surface area contributed by atoms with E-state index in [2.05, 4.69) is 169 Å². The maximum absolute atomic E-state index is 13.3. The smallest absolute Gasteiger partial charge is 0.426 e. The number of imidazole rings is 1. The van der Waals surface area contributed by atoms with E-state index in [9.17, 15) is 50.7 Å². The molecule has 0 spiro atoms. The number of halogens is 6. The molecule has 5 saturated carbocycles. The minimum atomic E-state index is -5.27. The van der Waals surface area contributed by atoms with Crippen LogP contribution < -0.4 is 9.67 Å². The van der Waals surface area contributed by atoms with Gasteiger partial charge in [-0.15, -0.1) is 0 Å². The fourth-order valence-electron chi connectivity index (χ4n) is 12.7. The second-order valence-electron chi connectivity index (χ2n) is 27.8. The maximum atomic E-state index is 13.3. The van der Waals surface area contributed by atoms with E-state index in [1.165, 1.54) is 49.9 Å². The molecule has 2 N–H and O–H groups in total. The molecule has 0 radical (unpaired) electrons. The molecular weight excluding hydrogens is 1580 g/mol. The number of hydrogen-bond acceptors (Lipinski definition) is 12. The monoisotopic (exact) mass is 1670 g/mol. The Hall–Kier alpha value is -5.02. The van der Waals surface area contributed by atoms with Crippen molar-refractivity contribution in [1.29, 1.82) is 0 Å². The van der Waals surface area contributed by atoms with Crippen LogP contribution in [-0.4, -0.2) is 74.9 Å². The van der Waals surface area contributed by atoms with E-state index in [1.54, 1.807) is 26.0 Å². The Bertz CT molecular complexity index is 3800. The van der Waals surface area contributed by atoms with Crippen molar-refractivity contribution in [2.24, 2.45) is 28.1 Å². The van der Waals surface area contributed by atoms with Crippen molar-refractivity contribution in [1.82, 2.24) is 4.57 Å². The van der Waals surface area contributed by atoms with E-state index in [-0.39, 0.29) is 57.2 Å². The SMILES string of the molecule is CCC(C)(C)C(=O)OC1(C)CCCC1.CCC(C)(C)C(=O)OC12CC3CC(C1)CC(C(=O)OC(CS(=O)(=O)[O-])C(F)(F)F)(C3)C2.CCC(C)c1cccc(O)c1.CCC(C)n1cc[n+](CC)c1.[O-]c1c(Br)cc(I)c(O)c1I.c1ccc(-[s+]2c3ccccc3c3ccccc32)cc1. The van der Waals surface area contributed by atoms with Crippen molar-refractivity contribution in [3.63, 3.8) is 0 Å². The number of phenols is 2. The first-order valence-corrected chi connectivity index (χ1v) is 39.2. The zero-order chi connectivity index (χ0) is 72.1. The van der Waals surface area contributed by atoms with Crippen LogP contribution in [0.1, 0.15) is 190 Å². The molecule has 22 heteroatoms. The first kappa shape index (κ1) is 81.0. The highest BCUT2D eigenvalue weighted by atomic mass is 127. The number of alkyl halides is 3. The number of benzene rings is 5. The predicted molar refractivity (Wildman–Crippen MR) is 396 cm³/mol. The van der Waals surface area contributed by atoms with Crippen molar-refractivity contribution < 1.29 is 74.6 Å². The molecule has 14 nitrogen and oxygen atoms in total. The lowest BCUT2D eigenvalue weighted by atomic mass is 9.48. The Morgan fingerprint density at radius 3 is 1.79 bits per heavy atom. The van der Waals surface area contributed by atoms with Gasteiger partial charge in [0.1, 0.15) is 35.1 Å². The van der Waals surface area contributed by atoms with Crippen LogP contribution in [0, 0.1) is 35.2 Å². The Morgan fingerprint density at radius 2 is 1.31 bits per heavy atom. The lowest BCUT2D eigenvalue weighted by Gasteiger charge is -2.60. The highest BCUT2D eigenvalue weighted by Gasteiger charge is 2.64. The molecular formula is C75H96BrF3I2N2O12S2. The molecule has 5 unspecified atom stereocenters. The molecule has 5 aromatic carbocycles. The van der Waals surface area contributed by atoms with Gasteiger partial charge in [0.25, 0.3) is 0 Å². The molecule has 5 aliphatic carbocycles. The van der Waals surface area contributed by atoms with E-state index < -0.39 is 56.5 Å². The normalized spacial score (nSPS) is 20.1. The molecule has 5 atom stereocenters. The Morgan fingerprint density at radius 1 is 0.773 bits per heavy atom. The number of nitrogens with zero attached hydrogens (tertiary/aromatic N) is 2. The van der Waals surface area contributed by atoms with E-state index >= 15 is 0 Å². The molecule has 5 aliphatic rings. The van der Waals surface area contributed by atoms with Crippen LogP contribution >= 0.6 is 71.6 Å². The van der Waals surface area contributed by atoms with Crippen LogP contribution in [-0.2, 0) is 45.3 Å². The van der Waals surface area contributed by atoms with E-state index in [1.807, 2.05) is 91.1 Å². The van der Waals surface area contributed by atoms with Crippen LogP contribution in [0.15, 0.2) is 132 Å². The van der Waals surface area contributed by atoms with Crippen molar-refractivity contribution in [3.8, 4) is 22.1 Å². The summed E-state index contributed by atoms with van der Waals surface area (Å²) in [6.07, 6.45) is 8.85. The summed E-state index contributed by atoms with van der Waals surface area (Å²) in [5, 5.41) is 32.3. The number of rotatable bonds is 16. The minimum Gasteiger partial charge on any atom is -0.871 e. The van der Waals surface area contributed by atoms with Crippen molar-refractivity contribution in [3.05, 3.63) is 145 Å². The Balaban J connectivity index is 0.000000194. The average Bonchev–Trinajstić information content (AvgIpc) is 1.71. The first-order valence-electron chi connectivity index (χ1n) is 33.4. The lowest BCUT2D eigenvalue weighted by Crippen LogP contribution is -2.61. The van der Waals surface area contributed by atoms with Crippen molar-refractivity contribution >= 4 is 120 Å². The van der Waals surface area contributed by atoms with E-state index in [4.69, 9.17) is 14.6 Å². The number of thiophene rings is 1. The summed E-state index contributed by atoms with van der Waals surface area (Å²) in [7, 11) is -5.21. The van der Waals surface area contributed by atoms with Gasteiger partial charge in [0.05, 0.1) is 48.3 Å². The molecule has 2 aromatic heterocycles. The fraction of sp³-hybridized carbons (Fsp3) is 0.520. The Kier molecular flexibility index (Phi) is 28.8. The number of aromatic nitrogens is 2. The zero-order valence-corrected chi connectivity index (χ0v) is 65.3. The van der Waals surface area contributed by atoms with Gasteiger partial charge < -0.3 is 34.1 Å². The molecule has 12 rings (SSSR count). The summed E-state index contributed by atoms with van der Waals surface area (Å²) in [6, 6.07) is 38.1. The van der Waals surface area contributed by atoms with Crippen molar-refractivity contribution in [2.75, 3.05) is 5.75 Å². The summed E-state index contributed by atoms with van der Waals surface area (Å²) in [5.41, 5.74) is -2.25. The van der Waals surface area contributed by atoms with Crippen LogP contribution in [0.4, 0.5) is 13.2 Å². The third kappa shape index (κ3) is 21.8. The van der Waals surface area contributed by atoms with Gasteiger partial charge in [-0.05, 0) is 255 Å². The van der Waals surface area contributed by atoms with Crippen molar-refractivity contribution in [2.45, 2.75) is 215 Å². The zero-order valence-electron chi connectivity index (χ0n) is 57.8. The van der Waals surface area contributed by atoms with E-state index in [0.717, 1.165) is 38.6 Å². The Labute approximate surface area is 610 Å². The van der Waals surface area contributed by atoms with Gasteiger partial charge in [0.2, 0.25) is 12.4 Å². The molecule has 0 amide bonds. The largest absolute Gasteiger partial charge is 0.871 e. The molecule has 0 aliphatic heterocycles. The molecule has 2 heterocycles. The summed E-state index contributed by atoms with van der Waals surface area (Å²) in [4.78, 5) is 38.9. The number of fused-ring (bicyclic) bond motifs is 3. The summed E-state index contributed by atoms with van der Waals surface area (Å²) < 4.78 is 97.5. The van der Waals surface area contributed by atoms with Gasteiger partial charge in [0.15, 0.2) is 14.3 Å². The van der Waals surface area contributed by atoms with Gasteiger partial charge in [0, 0.05) is 35.7 Å².